The number of ether oxygens (including phenoxy) is 1. The smallest absolute Gasteiger partial charge is 0.411 e. The zero-order valence-electron chi connectivity index (χ0n) is 10.4. The molecule has 0 saturated carbocycles. The molecule has 1 aromatic rings. The van der Waals surface area contributed by atoms with Crippen LogP contribution in [0, 0.1) is 0 Å². The van der Waals surface area contributed by atoms with E-state index in [2.05, 4.69) is 9.97 Å². The number of carbonyl (C=O) groups is 2. The summed E-state index contributed by atoms with van der Waals surface area (Å²) in [4.78, 5) is 30.7. The van der Waals surface area contributed by atoms with Crippen molar-refractivity contribution in [2.24, 2.45) is 0 Å². The molecular weight excluding hydrogens is 222 g/mol. The van der Waals surface area contributed by atoms with Crippen molar-refractivity contribution >= 4 is 12.4 Å². The summed E-state index contributed by atoms with van der Waals surface area (Å²) in [6.07, 6.45) is 3.19. The van der Waals surface area contributed by atoms with E-state index >= 15 is 0 Å². The third-order valence-corrected chi connectivity index (χ3v) is 2.03. The highest BCUT2D eigenvalue weighted by atomic mass is 16.6. The van der Waals surface area contributed by atoms with E-state index in [-0.39, 0.29) is 0 Å². The number of imidazole rings is 1. The van der Waals surface area contributed by atoms with Gasteiger partial charge in [0.2, 0.25) is 0 Å². The van der Waals surface area contributed by atoms with E-state index in [4.69, 9.17) is 4.74 Å². The van der Waals surface area contributed by atoms with E-state index in [1.165, 1.54) is 18.1 Å². The minimum absolute atomic E-state index is 0.411. The maximum atomic E-state index is 11.8. The molecule has 0 fully saturated rings. The zero-order valence-corrected chi connectivity index (χ0v) is 10.4. The van der Waals surface area contributed by atoms with Crippen molar-refractivity contribution in [2.75, 3.05) is 7.05 Å². The van der Waals surface area contributed by atoms with Crippen LogP contribution >= 0.6 is 0 Å². The number of amides is 1. The molecule has 0 aromatic carbocycles. The van der Waals surface area contributed by atoms with E-state index in [0.717, 1.165) is 0 Å². The Morgan fingerprint density at radius 3 is 2.65 bits per heavy atom. The van der Waals surface area contributed by atoms with Crippen molar-refractivity contribution in [1.29, 1.82) is 0 Å². The molecule has 1 amide bonds. The first kappa shape index (κ1) is 13.2. The van der Waals surface area contributed by atoms with Gasteiger partial charge in [0.15, 0.2) is 0 Å². The van der Waals surface area contributed by atoms with Crippen molar-refractivity contribution in [1.82, 2.24) is 14.9 Å². The summed E-state index contributed by atoms with van der Waals surface area (Å²) in [7, 11) is 1.50. The van der Waals surface area contributed by atoms with Crippen LogP contribution in [0.2, 0.25) is 0 Å². The second kappa shape index (κ2) is 4.99. The third-order valence-electron chi connectivity index (χ3n) is 2.03. The van der Waals surface area contributed by atoms with Crippen molar-refractivity contribution in [3.05, 3.63) is 18.2 Å². The van der Waals surface area contributed by atoms with Gasteiger partial charge in [-0.25, -0.2) is 9.78 Å². The largest absolute Gasteiger partial charge is 0.444 e. The van der Waals surface area contributed by atoms with Gasteiger partial charge >= 0.3 is 6.09 Å². The Kier molecular flexibility index (Phi) is 3.88. The maximum absolute atomic E-state index is 11.8. The Labute approximate surface area is 100.0 Å². The Morgan fingerprint density at radius 2 is 2.24 bits per heavy atom. The summed E-state index contributed by atoms with van der Waals surface area (Å²) in [5, 5.41) is 0. The Morgan fingerprint density at radius 1 is 1.59 bits per heavy atom. The van der Waals surface area contributed by atoms with Crippen LogP contribution in [-0.2, 0) is 9.53 Å². The van der Waals surface area contributed by atoms with Crippen LogP contribution in [0.1, 0.15) is 32.6 Å². The molecule has 0 saturated heterocycles. The molecule has 1 rings (SSSR count). The highest BCUT2D eigenvalue weighted by Crippen LogP contribution is 2.16. The zero-order chi connectivity index (χ0) is 13.1. The van der Waals surface area contributed by atoms with Gasteiger partial charge in [0.1, 0.15) is 23.8 Å². The maximum Gasteiger partial charge on any atom is 0.411 e. The van der Waals surface area contributed by atoms with Gasteiger partial charge in [-0.1, -0.05) is 0 Å². The summed E-state index contributed by atoms with van der Waals surface area (Å²) < 4.78 is 5.17. The van der Waals surface area contributed by atoms with Gasteiger partial charge in [-0.3, -0.25) is 4.90 Å². The van der Waals surface area contributed by atoms with Gasteiger partial charge < -0.3 is 14.5 Å². The van der Waals surface area contributed by atoms with Crippen LogP contribution in [0.4, 0.5) is 4.79 Å². The van der Waals surface area contributed by atoms with Gasteiger partial charge in [0.25, 0.3) is 0 Å². The van der Waals surface area contributed by atoms with E-state index in [1.807, 2.05) is 0 Å². The minimum atomic E-state index is -0.764. The standard InChI is InChI=1S/C11H17N3O3/c1-11(2,3)17-10(16)14(4)8(7-15)9-12-5-6-13-9/h5-8H,1-4H3,(H,12,13). The number of hydrogen-bond donors (Lipinski definition) is 1. The molecule has 0 aliphatic carbocycles. The Bertz CT molecular complexity index is 381. The molecule has 6 heteroatoms. The number of nitrogens with one attached hydrogen (secondary N) is 1. The second-order valence-corrected chi connectivity index (χ2v) is 4.65. The SMILES string of the molecule is CN(C(=O)OC(C)(C)C)C(C=O)c1ncc[nH]1. The molecule has 6 nitrogen and oxygen atoms in total. The van der Waals surface area contributed by atoms with E-state index < -0.39 is 17.7 Å². The number of aldehydes is 1. The summed E-state index contributed by atoms with van der Waals surface area (Å²) in [6, 6.07) is -0.764. The fourth-order valence-corrected chi connectivity index (χ4v) is 1.23. The number of likely N-dealkylation sites (N-methyl/N-ethyl adjacent to an activating group) is 1. The number of aromatic nitrogens is 2. The number of rotatable bonds is 3. The van der Waals surface area contributed by atoms with Crippen molar-refractivity contribution < 1.29 is 14.3 Å². The Balaban J connectivity index is 2.77. The van der Waals surface area contributed by atoms with Crippen molar-refractivity contribution in [3.63, 3.8) is 0 Å². The molecule has 0 aliphatic heterocycles. The summed E-state index contributed by atoms with van der Waals surface area (Å²) >= 11 is 0. The lowest BCUT2D eigenvalue weighted by Crippen LogP contribution is -2.37. The van der Waals surface area contributed by atoms with Crippen LogP contribution in [-0.4, -0.2) is 39.9 Å². The number of hydrogen-bond acceptors (Lipinski definition) is 4. The average molecular weight is 239 g/mol. The molecule has 1 unspecified atom stereocenters. The number of H-pyrrole nitrogens is 1. The second-order valence-electron chi connectivity index (χ2n) is 4.65. The highest BCUT2D eigenvalue weighted by Gasteiger charge is 2.27. The summed E-state index contributed by atoms with van der Waals surface area (Å²) in [6.45, 7) is 5.30. The molecule has 0 spiro atoms. The van der Waals surface area contributed by atoms with E-state index in [1.54, 1.807) is 27.0 Å². The van der Waals surface area contributed by atoms with Gasteiger partial charge in [-0.2, -0.15) is 0 Å². The molecule has 0 bridgehead atoms. The average Bonchev–Trinajstić information content (AvgIpc) is 2.69. The molecule has 0 aliphatic rings. The van der Waals surface area contributed by atoms with Gasteiger partial charge in [-0.05, 0) is 20.8 Å². The number of aromatic amines is 1. The van der Waals surface area contributed by atoms with Crippen molar-refractivity contribution in [3.8, 4) is 0 Å². The molecule has 0 radical (unpaired) electrons. The first-order chi connectivity index (χ1) is 7.85. The van der Waals surface area contributed by atoms with Crippen LogP contribution in [0.5, 0.6) is 0 Å². The highest BCUT2D eigenvalue weighted by molar-refractivity contribution is 5.73. The molecule has 94 valence electrons. The van der Waals surface area contributed by atoms with Crippen LogP contribution in [0.25, 0.3) is 0 Å². The lowest BCUT2D eigenvalue weighted by atomic mass is 10.2. The van der Waals surface area contributed by atoms with E-state index in [9.17, 15) is 9.59 Å². The first-order valence-electron chi connectivity index (χ1n) is 5.25. The third kappa shape index (κ3) is 3.58. The monoisotopic (exact) mass is 239 g/mol. The first-order valence-corrected chi connectivity index (χ1v) is 5.25. The molecule has 1 N–H and O–H groups in total. The van der Waals surface area contributed by atoms with Crippen LogP contribution in [0.3, 0.4) is 0 Å². The number of carbonyl (C=O) groups excluding carboxylic acids is 2. The van der Waals surface area contributed by atoms with Crippen LogP contribution in [0.15, 0.2) is 12.4 Å². The molecule has 1 atom stereocenters. The fraction of sp³-hybridized carbons (Fsp3) is 0.545. The summed E-state index contributed by atoms with van der Waals surface area (Å²) in [5.41, 5.74) is -0.595. The molecule has 17 heavy (non-hydrogen) atoms. The minimum Gasteiger partial charge on any atom is -0.444 e. The normalized spacial score (nSPS) is 12.9. The Hall–Kier alpha value is -1.85. The molecule has 1 aromatic heterocycles. The number of nitrogens with zero attached hydrogens (tertiary/aromatic N) is 2. The van der Waals surface area contributed by atoms with Crippen LogP contribution < -0.4 is 0 Å². The molecule has 1 heterocycles. The predicted octanol–water partition coefficient (Wildman–Crippen LogP) is 1.52. The van der Waals surface area contributed by atoms with Gasteiger partial charge in [0, 0.05) is 19.4 Å². The quantitative estimate of drug-likeness (QED) is 0.811. The summed E-state index contributed by atoms with van der Waals surface area (Å²) in [5.74, 6) is 0.411. The van der Waals surface area contributed by atoms with E-state index in [0.29, 0.717) is 12.1 Å². The lowest BCUT2D eigenvalue weighted by molar-refractivity contribution is -0.112. The fourth-order valence-electron chi connectivity index (χ4n) is 1.23. The topological polar surface area (TPSA) is 75.3 Å². The molecular formula is C11H17N3O3. The van der Waals surface area contributed by atoms with Crippen molar-refractivity contribution in [2.45, 2.75) is 32.4 Å². The predicted molar refractivity (Wildman–Crippen MR) is 61.4 cm³/mol. The van der Waals surface area contributed by atoms with Gasteiger partial charge in [-0.15, -0.1) is 0 Å². The lowest BCUT2D eigenvalue weighted by Gasteiger charge is -2.27. The van der Waals surface area contributed by atoms with Gasteiger partial charge in [0.05, 0.1) is 0 Å².